The standard InChI is InChI=1S/C9H20N2OS2/c1-9(14-13)11-5-3-10(4-6-11)7-8-12-2/h9,13H,3-8H2,1-2H3. The minimum absolute atomic E-state index is 0.530. The van der Waals surface area contributed by atoms with Crippen LogP contribution in [0.5, 0.6) is 0 Å². The zero-order valence-electron chi connectivity index (χ0n) is 8.98. The third-order valence-electron chi connectivity index (χ3n) is 2.69. The van der Waals surface area contributed by atoms with Crippen LogP contribution in [0, 0.1) is 0 Å². The van der Waals surface area contributed by atoms with Crippen LogP contribution in [0.1, 0.15) is 6.92 Å². The molecule has 5 heteroatoms. The van der Waals surface area contributed by atoms with Gasteiger partial charge in [-0.25, -0.2) is 0 Å². The summed E-state index contributed by atoms with van der Waals surface area (Å²) in [6.45, 7) is 8.73. The second-order valence-electron chi connectivity index (χ2n) is 3.58. The minimum Gasteiger partial charge on any atom is -0.383 e. The third kappa shape index (κ3) is 3.98. The van der Waals surface area contributed by atoms with E-state index in [0.29, 0.717) is 5.37 Å². The van der Waals surface area contributed by atoms with Crippen LogP contribution >= 0.6 is 22.5 Å². The zero-order chi connectivity index (χ0) is 10.4. The number of rotatable bonds is 5. The fourth-order valence-corrected chi connectivity index (χ4v) is 2.38. The summed E-state index contributed by atoms with van der Waals surface area (Å²) in [7, 11) is 3.39. The van der Waals surface area contributed by atoms with Crippen LogP contribution in [0.25, 0.3) is 0 Å². The topological polar surface area (TPSA) is 15.7 Å². The van der Waals surface area contributed by atoms with Gasteiger partial charge in [0.25, 0.3) is 0 Å². The molecule has 0 aromatic heterocycles. The minimum atomic E-state index is 0.530. The Morgan fingerprint density at radius 2 is 2.00 bits per heavy atom. The molecule has 1 fully saturated rings. The molecular weight excluding hydrogens is 216 g/mol. The van der Waals surface area contributed by atoms with Crippen LogP contribution in [0.2, 0.25) is 0 Å². The van der Waals surface area contributed by atoms with Crippen molar-refractivity contribution in [3.8, 4) is 0 Å². The molecule has 0 aliphatic carbocycles. The first kappa shape index (κ1) is 12.6. The molecule has 0 radical (unpaired) electrons. The molecule has 84 valence electrons. The van der Waals surface area contributed by atoms with Gasteiger partial charge in [0.2, 0.25) is 0 Å². The van der Waals surface area contributed by atoms with E-state index in [0.717, 1.165) is 39.3 Å². The van der Waals surface area contributed by atoms with Crippen LogP contribution in [-0.4, -0.2) is 61.6 Å². The monoisotopic (exact) mass is 236 g/mol. The Hall–Kier alpha value is 0.580. The molecule has 1 rings (SSSR count). The Bertz CT molecular complexity index is 152. The van der Waals surface area contributed by atoms with Crippen molar-refractivity contribution in [2.75, 3.05) is 46.4 Å². The summed E-state index contributed by atoms with van der Waals surface area (Å²) >= 11 is 4.25. The Morgan fingerprint density at radius 3 is 2.50 bits per heavy atom. The number of piperazine rings is 1. The van der Waals surface area contributed by atoms with Gasteiger partial charge in [0.05, 0.1) is 12.0 Å². The van der Waals surface area contributed by atoms with Crippen molar-refractivity contribution in [2.24, 2.45) is 0 Å². The SMILES string of the molecule is COCCN1CCN(C(C)SS)CC1. The molecule has 0 spiro atoms. The van der Waals surface area contributed by atoms with Gasteiger partial charge < -0.3 is 4.74 Å². The molecule has 1 atom stereocenters. The summed E-state index contributed by atoms with van der Waals surface area (Å²) in [6, 6.07) is 0. The fourth-order valence-electron chi connectivity index (χ4n) is 1.64. The maximum atomic E-state index is 5.07. The molecule has 1 heterocycles. The van der Waals surface area contributed by atoms with Crippen LogP contribution in [0.3, 0.4) is 0 Å². The molecule has 0 bridgehead atoms. The Labute approximate surface area is 96.0 Å². The van der Waals surface area contributed by atoms with Crippen molar-refractivity contribution < 1.29 is 4.74 Å². The van der Waals surface area contributed by atoms with Gasteiger partial charge in [-0.1, -0.05) is 10.8 Å². The molecule has 0 amide bonds. The van der Waals surface area contributed by atoms with E-state index in [1.54, 1.807) is 17.9 Å². The summed E-state index contributed by atoms with van der Waals surface area (Å²) in [5.41, 5.74) is 0. The van der Waals surface area contributed by atoms with E-state index in [1.165, 1.54) is 0 Å². The normalized spacial score (nSPS) is 22.5. The summed E-state index contributed by atoms with van der Waals surface area (Å²) in [4.78, 5) is 4.93. The molecule has 0 N–H and O–H groups in total. The average molecular weight is 236 g/mol. The first-order valence-electron chi connectivity index (χ1n) is 5.03. The van der Waals surface area contributed by atoms with Gasteiger partial charge in [-0.2, -0.15) is 0 Å². The van der Waals surface area contributed by atoms with E-state index in [9.17, 15) is 0 Å². The zero-order valence-corrected chi connectivity index (χ0v) is 10.7. The maximum absolute atomic E-state index is 5.07. The van der Waals surface area contributed by atoms with Crippen LogP contribution in [0.15, 0.2) is 0 Å². The lowest BCUT2D eigenvalue weighted by molar-refractivity contribution is 0.0948. The summed E-state index contributed by atoms with van der Waals surface area (Å²) in [5.74, 6) is 0. The molecule has 14 heavy (non-hydrogen) atoms. The molecule has 0 aromatic carbocycles. The van der Waals surface area contributed by atoms with Gasteiger partial charge in [0.1, 0.15) is 0 Å². The number of nitrogens with zero attached hydrogens (tertiary/aromatic N) is 2. The summed E-state index contributed by atoms with van der Waals surface area (Å²) in [6.07, 6.45) is 0. The van der Waals surface area contributed by atoms with E-state index >= 15 is 0 Å². The summed E-state index contributed by atoms with van der Waals surface area (Å²) in [5, 5.41) is 0.530. The number of methoxy groups -OCH3 is 1. The average Bonchev–Trinajstić information content (AvgIpc) is 2.26. The van der Waals surface area contributed by atoms with Crippen LogP contribution < -0.4 is 0 Å². The second-order valence-corrected chi connectivity index (χ2v) is 5.10. The molecule has 0 aromatic rings. The van der Waals surface area contributed by atoms with Gasteiger partial charge in [-0.15, -0.1) is 11.7 Å². The lowest BCUT2D eigenvalue weighted by atomic mass is 10.3. The Balaban J connectivity index is 2.17. The predicted molar refractivity (Wildman–Crippen MR) is 65.9 cm³/mol. The highest BCUT2D eigenvalue weighted by Gasteiger charge is 2.19. The van der Waals surface area contributed by atoms with E-state index in [1.807, 2.05) is 0 Å². The fraction of sp³-hybridized carbons (Fsp3) is 1.00. The van der Waals surface area contributed by atoms with Gasteiger partial charge in [0.15, 0.2) is 0 Å². The number of hydrogen-bond donors (Lipinski definition) is 1. The highest BCUT2D eigenvalue weighted by molar-refractivity contribution is 8.68. The molecular formula is C9H20N2OS2. The number of ether oxygens (including phenoxy) is 1. The van der Waals surface area contributed by atoms with E-state index < -0.39 is 0 Å². The predicted octanol–water partition coefficient (Wildman–Crippen LogP) is 1.17. The van der Waals surface area contributed by atoms with Crippen LogP contribution in [0.4, 0.5) is 0 Å². The Morgan fingerprint density at radius 1 is 1.36 bits per heavy atom. The molecule has 3 nitrogen and oxygen atoms in total. The van der Waals surface area contributed by atoms with Crippen molar-refractivity contribution in [1.29, 1.82) is 0 Å². The highest BCUT2D eigenvalue weighted by Crippen LogP contribution is 2.19. The van der Waals surface area contributed by atoms with Crippen molar-refractivity contribution in [2.45, 2.75) is 12.3 Å². The van der Waals surface area contributed by atoms with Gasteiger partial charge in [0, 0.05) is 39.8 Å². The molecule has 1 saturated heterocycles. The van der Waals surface area contributed by atoms with Crippen molar-refractivity contribution >= 4 is 22.5 Å². The van der Waals surface area contributed by atoms with Crippen molar-refractivity contribution in [3.05, 3.63) is 0 Å². The Kier molecular flexibility index (Phi) is 6.28. The van der Waals surface area contributed by atoms with E-state index in [2.05, 4.69) is 28.4 Å². The molecule has 1 aliphatic rings. The van der Waals surface area contributed by atoms with E-state index in [-0.39, 0.29) is 0 Å². The number of thiol groups is 1. The third-order valence-corrected chi connectivity index (χ3v) is 4.20. The van der Waals surface area contributed by atoms with Crippen LogP contribution in [-0.2, 0) is 4.74 Å². The highest BCUT2D eigenvalue weighted by atomic mass is 33.1. The van der Waals surface area contributed by atoms with Gasteiger partial charge in [-0.3, -0.25) is 9.80 Å². The molecule has 1 unspecified atom stereocenters. The first-order valence-corrected chi connectivity index (χ1v) is 6.96. The molecule has 0 saturated carbocycles. The van der Waals surface area contributed by atoms with Gasteiger partial charge >= 0.3 is 0 Å². The number of hydrogen-bond acceptors (Lipinski definition) is 5. The largest absolute Gasteiger partial charge is 0.383 e. The quantitative estimate of drug-likeness (QED) is 0.569. The lowest BCUT2D eigenvalue weighted by Gasteiger charge is -2.37. The first-order chi connectivity index (χ1) is 6.77. The van der Waals surface area contributed by atoms with Crippen molar-refractivity contribution in [1.82, 2.24) is 9.80 Å². The van der Waals surface area contributed by atoms with Crippen molar-refractivity contribution in [3.63, 3.8) is 0 Å². The smallest absolute Gasteiger partial charge is 0.0631 e. The van der Waals surface area contributed by atoms with E-state index in [4.69, 9.17) is 4.74 Å². The lowest BCUT2D eigenvalue weighted by Crippen LogP contribution is -2.49. The van der Waals surface area contributed by atoms with Gasteiger partial charge in [-0.05, 0) is 6.92 Å². The summed E-state index contributed by atoms with van der Waals surface area (Å²) < 4.78 is 5.07. The second kappa shape index (κ2) is 6.95. The molecule has 1 aliphatic heterocycles. The maximum Gasteiger partial charge on any atom is 0.0631 e.